The Labute approximate surface area is 153 Å². The molecule has 0 spiro atoms. The minimum Gasteiger partial charge on any atom is -0.493 e. The fourth-order valence-electron chi connectivity index (χ4n) is 2.59. The number of benzene rings is 3. The van der Waals surface area contributed by atoms with Crippen LogP contribution in [0.15, 0.2) is 78.9 Å². The number of rotatable bonds is 7. The van der Waals surface area contributed by atoms with Crippen LogP contribution in [0.5, 0.6) is 5.75 Å². The molecule has 3 aromatic carbocycles. The summed E-state index contributed by atoms with van der Waals surface area (Å²) in [5, 5.41) is 2.89. The van der Waals surface area contributed by atoms with Crippen LogP contribution in [0.25, 0.3) is 0 Å². The van der Waals surface area contributed by atoms with E-state index in [4.69, 9.17) is 10.5 Å². The first-order chi connectivity index (χ1) is 12.7. The maximum atomic E-state index is 12.1. The van der Waals surface area contributed by atoms with Gasteiger partial charge < -0.3 is 15.8 Å². The van der Waals surface area contributed by atoms with Crippen molar-refractivity contribution in [3.63, 3.8) is 0 Å². The molecule has 0 bridgehead atoms. The summed E-state index contributed by atoms with van der Waals surface area (Å²) in [5.41, 5.74) is 9.27. The molecule has 3 aromatic rings. The van der Waals surface area contributed by atoms with Crippen LogP contribution in [0, 0.1) is 0 Å². The molecule has 0 atom stereocenters. The van der Waals surface area contributed by atoms with Crippen LogP contribution in [0.1, 0.15) is 11.1 Å². The second kappa shape index (κ2) is 8.72. The summed E-state index contributed by atoms with van der Waals surface area (Å²) in [6, 6.07) is 25.0. The first kappa shape index (κ1) is 17.5. The van der Waals surface area contributed by atoms with Crippen molar-refractivity contribution in [2.75, 3.05) is 17.7 Å². The molecular formula is C22H22N2O2. The molecule has 1 amide bonds. The molecule has 3 N–H and O–H groups in total. The third-order valence-electron chi connectivity index (χ3n) is 3.98. The van der Waals surface area contributed by atoms with Crippen molar-refractivity contribution in [1.82, 2.24) is 0 Å². The summed E-state index contributed by atoms with van der Waals surface area (Å²) in [4.78, 5) is 12.1. The lowest BCUT2D eigenvalue weighted by molar-refractivity contribution is -0.115. The van der Waals surface area contributed by atoms with E-state index in [1.807, 2.05) is 54.6 Å². The van der Waals surface area contributed by atoms with Crippen LogP contribution in [-0.2, 0) is 17.6 Å². The van der Waals surface area contributed by atoms with Crippen LogP contribution in [0.2, 0.25) is 0 Å². The number of amides is 1. The van der Waals surface area contributed by atoms with E-state index < -0.39 is 0 Å². The molecule has 0 saturated carbocycles. The van der Waals surface area contributed by atoms with Gasteiger partial charge in [0.1, 0.15) is 5.75 Å². The van der Waals surface area contributed by atoms with Gasteiger partial charge in [0.2, 0.25) is 5.91 Å². The van der Waals surface area contributed by atoms with E-state index in [1.165, 1.54) is 5.56 Å². The Balaban J connectivity index is 1.46. The Morgan fingerprint density at radius 3 is 2.23 bits per heavy atom. The Bertz CT molecular complexity index is 828. The van der Waals surface area contributed by atoms with Crippen molar-refractivity contribution < 1.29 is 9.53 Å². The van der Waals surface area contributed by atoms with Crippen molar-refractivity contribution >= 4 is 17.3 Å². The van der Waals surface area contributed by atoms with E-state index >= 15 is 0 Å². The summed E-state index contributed by atoms with van der Waals surface area (Å²) in [6.07, 6.45) is 1.18. The minimum atomic E-state index is -0.0625. The largest absolute Gasteiger partial charge is 0.493 e. The number of hydrogen-bond acceptors (Lipinski definition) is 3. The fraction of sp³-hybridized carbons (Fsp3) is 0.136. The number of nitrogen functional groups attached to an aromatic ring is 1. The molecule has 132 valence electrons. The molecular weight excluding hydrogens is 324 g/mol. The van der Waals surface area contributed by atoms with Gasteiger partial charge in [-0.05, 0) is 47.5 Å². The highest BCUT2D eigenvalue weighted by Gasteiger charge is 2.04. The highest BCUT2D eigenvalue weighted by Crippen LogP contribution is 2.16. The number of carbonyl (C=O) groups excluding carboxylic acids is 1. The zero-order valence-electron chi connectivity index (χ0n) is 14.5. The Morgan fingerprint density at radius 1 is 0.846 bits per heavy atom. The number of carbonyl (C=O) groups is 1. The average Bonchev–Trinajstić information content (AvgIpc) is 2.66. The number of ether oxygens (including phenoxy) is 1. The topological polar surface area (TPSA) is 64.4 Å². The fourth-order valence-corrected chi connectivity index (χ4v) is 2.59. The normalized spacial score (nSPS) is 10.3. The summed E-state index contributed by atoms with van der Waals surface area (Å²) in [5.74, 6) is 0.727. The van der Waals surface area contributed by atoms with Crippen molar-refractivity contribution in [2.24, 2.45) is 0 Å². The Morgan fingerprint density at radius 2 is 1.54 bits per heavy atom. The van der Waals surface area contributed by atoms with Gasteiger partial charge >= 0.3 is 0 Å². The van der Waals surface area contributed by atoms with Crippen LogP contribution >= 0.6 is 0 Å². The monoisotopic (exact) mass is 346 g/mol. The number of nitrogens with two attached hydrogens (primary N) is 1. The average molecular weight is 346 g/mol. The minimum absolute atomic E-state index is 0.0625. The molecule has 0 unspecified atom stereocenters. The highest BCUT2D eigenvalue weighted by molar-refractivity contribution is 5.92. The van der Waals surface area contributed by atoms with E-state index in [9.17, 15) is 4.79 Å². The molecule has 26 heavy (non-hydrogen) atoms. The van der Waals surface area contributed by atoms with Gasteiger partial charge in [0.25, 0.3) is 0 Å². The van der Waals surface area contributed by atoms with Crippen LogP contribution < -0.4 is 15.8 Å². The third-order valence-corrected chi connectivity index (χ3v) is 3.98. The van der Waals surface area contributed by atoms with Gasteiger partial charge in [-0.1, -0.05) is 42.5 Å². The number of nitrogens with one attached hydrogen (secondary N) is 1. The van der Waals surface area contributed by atoms with E-state index in [-0.39, 0.29) is 5.91 Å². The smallest absolute Gasteiger partial charge is 0.228 e. The zero-order chi connectivity index (χ0) is 18.2. The summed E-state index contributed by atoms with van der Waals surface area (Å²) < 4.78 is 5.75. The maximum Gasteiger partial charge on any atom is 0.228 e. The standard InChI is InChI=1S/C22H22N2O2/c23-19-8-6-18(7-9-19)16-22(25)24-20-10-12-21(13-11-20)26-15-14-17-4-2-1-3-5-17/h1-13H,14-16,23H2,(H,24,25). The zero-order valence-corrected chi connectivity index (χ0v) is 14.5. The van der Waals surface area contributed by atoms with Gasteiger partial charge in [-0.25, -0.2) is 0 Å². The SMILES string of the molecule is Nc1ccc(CC(=O)Nc2ccc(OCCc3ccccc3)cc2)cc1. The molecule has 4 nitrogen and oxygen atoms in total. The number of hydrogen-bond donors (Lipinski definition) is 2. The molecule has 0 radical (unpaired) electrons. The van der Waals surface area contributed by atoms with Gasteiger partial charge in [-0.3, -0.25) is 4.79 Å². The lowest BCUT2D eigenvalue weighted by Crippen LogP contribution is -2.14. The maximum absolute atomic E-state index is 12.1. The predicted molar refractivity (Wildman–Crippen MR) is 105 cm³/mol. The summed E-state index contributed by atoms with van der Waals surface area (Å²) in [7, 11) is 0. The predicted octanol–water partition coefficient (Wildman–Crippen LogP) is 4.07. The third kappa shape index (κ3) is 5.38. The molecule has 3 rings (SSSR count). The molecule has 0 heterocycles. The van der Waals surface area contributed by atoms with Gasteiger partial charge in [0.15, 0.2) is 0 Å². The molecule has 0 aliphatic rings. The van der Waals surface area contributed by atoms with Gasteiger partial charge in [-0.15, -0.1) is 0 Å². The van der Waals surface area contributed by atoms with Crippen molar-refractivity contribution in [3.05, 3.63) is 90.0 Å². The van der Waals surface area contributed by atoms with E-state index in [0.29, 0.717) is 18.7 Å². The molecule has 4 heteroatoms. The van der Waals surface area contributed by atoms with Crippen molar-refractivity contribution in [1.29, 1.82) is 0 Å². The van der Waals surface area contributed by atoms with Crippen LogP contribution in [0.3, 0.4) is 0 Å². The van der Waals surface area contributed by atoms with Gasteiger partial charge in [0, 0.05) is 17.8 Å². The van der Waals surface area contributed by atoms with E-state index in [1.54, 1.807) is 12.1 Å². The Hall–Kier alpha value is -3.27. The number of anilines is 2. The van der Waals surface area contributed by atoms with Crippen molar-refractivity contribution in [3.8, 4) is 5.75 Å². The first-order valence-corrected chi connectivity index (χ1v) is 8.60. The molecule has 0 aromatic heterocycles. The van der Waals surface area contributed by atoms with Crippen molar-refractivity contribution in [2.45, 2.75) is 12.8 Å². The first-order valence-electron chi connectivity index (χ1n) is 8.60. The van der Waals surface area contributed by atoms with E-state index in [2.05, 4.69) is 17.4 Å². The van der Waals surface area contributed by atoms with Gasteiger partial charge in [0.05, 0.1) is 13.0 Å². The second-order valence-corrected chi connectivity index (χ2v) is 6.07. The Kier molecular flexibility index (Phi) is 5.88. The molecule has 0 aliphatic carbocycles. The molecule has 0 saturated heterocycles. The molecule has 0 aliphatic heterocycles. The lowest BCUT2D eigenvalue weighted by atomic mass is 10.1. The summed E-state index contributed by atoms with van der Waals surface area (Å²) in [6.45, 7) is 0.618. The van der Waals surface area contributed by atoms with Crippen LogP contribution in [0.4, 0.5) is 11.4 Å². The second-order valence-electron chi connectivity index (χ2n) is 6.07. The van der Waals surface area contributed by atoms with Crippen LogP contribution in [-0.4, -0.2) is 12.5 Å². The quantitative estimate of drug-likeness (QED) is 0.634. The van der Waals surface area contributed by atoms with Gasteiger partial charge in [-0.2, -0.15) is 0 Å². The lowest BCUT2D eigenvalue weighted by Gasteiger charge is -2.09. The highest BCUT2D eigenvalue weighted by atomic mass is 16.5. The summed E-state index contributed by atoms with van der Waals surface area (Å²) >= 11 is 0. The van der Waals surface area contributed by atoms with E-state index in [0.717, 1.165) is 23.4 Å². The molecule has 0 fully saturated rings.